The van der Waals surface area contributed by atoms with E-state index in [1.807, 2.05) is 6.92 Å². The normalized spacial score (nSPS) is 13.5. The number of ether oxygens (including phenoxy) is 2. The van der Waals surface area contributed by atoms with Crippen molar-refractivity contribution in [3.63, 3.8) is 0 Å². The molecule has 0 saturated carbocycles. The fraction of sp³-hybridized carbons (Fsp3) is 0.357. The Kier molecular flexibility index (Phi) is 4.06. The molecule has 5 heteroatoms. The van der Waals surface area contributed by atoms with Crippen molar-refractivity contribution in [2.75, 3.05) is 32.6 Å². The summed E-state index contributed by atoms with van der Waals surface area (Å²) >= 11 is 0. The van der Waals surface area contributed by atoms with Crippen molar-refractivity contribution < 1.29 is 14.3 Å². The zero-order chi connectivity index (χ0) is 13.8. The number of hydrogen-bond donors (Lipinski definition) is 2. The molecular weight excluding hydrogens is 244 g/mol. The first-order chi connectivity index (χ1) is 9.15. The lowest BCUT2D eigenvalue weighted by molar-refractivity contribution is -0.112. The third-order valence-corrected chi connectivity index (χ3v) is 3.20. The lowest BCUT2D eigenvalue weighted by Gasteiger charge is -2.21. The molecule has 0 unspecified atom stereocenters. The number of methoxy groups -OCH3 is 2. The van der Waals surface area contributed by atoms with E-state index in [0.29, 0.717) is 17.2 Å². The maximum atomic E-state index is 12.1. The molecule has 19 heavy (non-hydrogen) atoms. The zero-order valence-electron chi connectivity index (χ0n) is 11.4. The summed E-state index contributed by atoms with van der Waals surface area (Å²) in [5.41, 5.74) is 2.54. The molecule has 102 valence electrons. The maximum Gasteiger partial charge on any atom is 0.251 e. The molecule has 2 rings (SSSR count). The van der Waals surface area contributed by atoms with Crippen LogP contribution >= 0.6 is 0 Å². The SMILES string of the molecule is COc1ccc(NC(=O)C(C)=C2CNC2)c(OC)c1. The maximum absolute atomic E-state index is 12.1. The molecule has 1 heterocycles. The summed E-state index contributed by atoms with van der Waals surface area (Å²) in [5, 5.41) is 5.98. The summed E-state index contributed by atoms with van der Waals surface area (Å²) in [4.78, 5) is 12.1. The van der Waals surface area contributed by atoms with Gasteiger partial charge < -0.3 is 20.1 Å². The van der Waals surface area contributed by atoms with Gasteiger partial charge in [0.15, 0.2) is 0 Å². The summed E-state index contributed by atoms with van der Waals surface area (Å²) in [7, 11) is 3.15. The highest BCUT2D eigenvalue weighted by molar-refractivity contribution is 6.04. The number of nitrogens with one attached hydrogen (secondary N) is 2. The van der Waals surface area contributed by atoms with Crippen LogP contribution in [0.2, 0.25) is 0 Å². The standard InChI is InChI=1S/C14H18N2O3/c1-9(10-7-15-8-10)14(17)16-12-5-4-11(18-2)6-13(12)19-3/h4-6,15H,7-8H2,1-3H3,(H,16,17). The Morgan fingerprint density at radius 1 is 1.26 bits per heavy atom. The Balaban J connectivity index is 2.16. The van der Waals surface area contributed by atoms with Crippen molar-refractivity contribution in [1.29, 1.82) is 0 Å². The van der Waals surface area contributed by atoms with Crippen LogP contribution in [0.4, 0.5) is 5.69 Å². The molecule has 1 aromatic carbocycles. The second-order valence-corrected chi connectivity index (χ2v) is 4.35. The van der Waals surface area contributed by atoms with Crippen molar-refractivity contribution in [1.82, 2.24) is 5.32 Å². The van der Waals surface area contributed by atoms with E-state index in [4.69, 9.17) is 9.47 Å². The van der Waals surface area contributed by atoms with E-state index in [1.54, 1.807) is 32.4 Å². The predicted molar refractivity (Wildman–Crippen MR) is 73.7 cm³/mol. The van der Waals surface area contributed by atoms with Gasteiger partial charge in [0.1, 0.15) is 11.5 Å². The molecule has 1 aliphatic rings. The van der Waals surface area contributed by atoms with E-state index in [2.05, 4.69) is 10.6 Å². The largest absolute Gasteiger partial charge is 0.497 e. The highest BCUT2D eigenvalue weighted by Gasteiger charge is 2.17. The number of hydrogen-bond acceptors (Lipinski definition) is 4. The molecule has 1 fully saturated rings. The molecule has 2 N–H and O–H groups in total. The van der Waals surface area contributed by atoms with Crippen molar-refractivity contribution >= 4 is 11.6 Å². The molecule has 0 bridgehead atoms. The topological polar surface area (TPSA) is 59.6 Å². The minimum Gasteiger partial charge on any atom is -0.497 e. The van der Waals surface area contributed by atoms with Crippen LogP contribution in [0.15, 0.2) is 29.3 Å². The van der Waals surface area contributed by atoms with Gasteiger partial charge in [0, 0.05) is 24.7 Å². The number of rotatable bonds is 4. The van der Waals surface area contributed by atoms with Crippen molar-refractivity contribution in [2.24, 2.45) is 0 Å². The molecule has 1 saturated heterocycles. The number of anilines is 1. The third-order valence-electron chi connectivity index (χ3n) is 3.20. The second-order valence-electron chi connectivity index (χ2n) is 4.35. The average Bonchev–Trinajstić information content (AvgIpc) is 2.37. The van der Waals surface area contributed by atoms with Crippen LogP contribution < -0.4 is 20.1 Å². The summed E-state index contributed by atoms with van der Waals surface area (Å²) in [6.07, 6.45) is 0. The first-order valence-electron chi connectivity index (χ1n) is 6.08. The molecule has 0 aliphatic carbocycles. The Bertz CT molecular complexity index is 517. The van der Waals surface area contributed by atoms with Crippen LogP contribution in [0.1, 0.15) is 6.92 Å². The van der Waals surface area contributed by atoms with Crippen molar-refractivity contribution in [3.8, 4) is 11.5 Å². The van der Waals surface area contributed by atoms with Gasteiger partial charge in [-0.15, -0.1) is 0 Å². The van der Waals surface area contributed by atoms with Gasteiger partial charge in [-0.3, -0.25) is 4.79 Å². The first kappa shape index (κ1) is 13.4. The summed E-state index contributed by atoms with van der Waals surface area (Å²) < 4.78 is 10.4. The third kappa shape index (κ3) is 2.88. The quantitative estimate of drug-likeness (QED) is 0.808. The smallest absolute Gasteiger partial charge is 0.251 e. The van der Waals surface area contributed by atoms with Gasteiger partial charge >= 0.3 is 0 Å². The van der Waals surface area contributed by atoms with Gasteiger partial charge in [-0.2, -0.15) is 0 Å². The minimum atomic E-state index is -0.0973. The zero-order valence-corrected chi connectivity index (χ0v) is 11.4. The highest BCUT2D eigenvalue weighted by atomic mass is 16.5. The summed E-state index contributed by atoms with van der Waals surface area (Å²) in [6.45, 7) is 3.42. The predicted octanol–water partition coefficient (Wildman–Crippen LogP) is 1.56. The lowest BCUT2D eigenvalue weighted by atomic mass is 10.0. The molecule has 0 atom stereocenters. The Labute approximate surface area is 112 Å². The first-order valence-corrected chi connectivity index (χ1v) is 6.08. The molecule has 0 spiro atoms. The number of amides is 1. The van der Waals surface area contributed by atoms with Crippen LogP contribution in [0, 0.1) is 0 Å². The molecule has 1 amide bonds. The van der Waals surface area contributed by atoms with Gasteiger partial charge in [0.05, 0.1) is 19.9 Å². The lowest BCUT2D eigenvalue weighted by Crippen LogP contribution is -2.36. The van der Waals surface area contributed by atoms with Crippen LogP contribution in [-0.2, 0) is 4.79 Å². The van der Waals surface area contributed by atoms with E-state index in [1.165, 1.54) is 0 Å². The van der Waals surface area contributed by atoms with Crippen LogP contribution in [0.25, 0.3) is 0 Å². The molecular formula is C14H18N2O3. The number of carbonyl (C=O) groups excluding carboxylic acids is 1. The van der Waals surface area contributed by atoms with Crippen molar-refractivity contribution in [2.45, 2.75) is 6.92 Å². The van der Waals surface area contributed by atoms with Gasteiger partial charge in [0.2, 0.25) is 0 Å². The van der Waals surface area contributed by atoms with E-state index in [0.717, 1.165) is 24.2 Å². The molecule has 1 aliphatic heterocycles. The van der Waals surface area contributed by atoms with E-state index >= 15 is 0 Å². The average molecular weight is 262 g/mol. The number of carbonyl (C=O) groups is 1. The van der Waals surface area contributed by atoms with Crippen LogP contribution in [0.5, 0.6) is 11.5 Å². The van der Waals surface area contributed by atoms with Crippen LogP contribution in [0.3, 0.4) is 0 Å². The molecule has 0 aromatic heterocycles. The van der Waals surface area contributed by atoms with Gasteiger partial charge in [-0.1, -0.05) is 0 Å². The summed E-state index contributed by atoms with van der Waals surface area (Å²) in [5.74, 6) is 1.17. The van der Waals surface area contributed by atoms with Crippen molar-refractivity contribution in [3.05, 3.63) is 29.3 Å². The van der Waals surface area contributed by atoms with E-state index in [-0.39, 0.29) is 5.91 Å². The Morgan fingerprint density at radius 2 is 2.00 bits per heavy atom. The molecule has 5 nitrogen and oxygen atoms in total. The highest BCUT2D eigenvalue weighted by Crippen LogP contribution is 2.29. The monoisotopic (exact) mass is 262 g/mol. The van der Waals surface area contributed by atoms with Gasteiger partial charge in [0.25, 0.3) is 5.91 Å². The number of benzene rings is 1. The summed E-state index contributed by atoms with van der Waals surface area (Å²) in [6, 6.07) is 5.29. The van der Waals surface area contributed by atoms with Gasteiger partial charge in [-0.25, -0.2) is 0 Å². The van der Waals surface area contributed by atoms with Crippen LogP contribution in [-0.4, -0.2) is 33.2 Å². The second kappa shape index (κ2) is 5.75. The van der Waals surface area contributed by atoms with Gasteiger partial charge in [-0.05, 0) is 24.6 Å². The van der Waals surface area contributed by atoms with E-state index in [9.17, 15) is 4.79 Å². The Morgan fingerprint density at radius 3 is 2.53 bits per heavy atom. The minimum absolute atomic E-state index is 0.0973. The van der Waals surface area contributed by atoms with E-state index < -0.39 is 0 Å². The Hall–Kier alpha value is -2.01. The fourth-order valence-electron chi connectivity index (χ4n) is 1.79. The molecule has 0 radical (unpaired) electrons. The molecule has 1 aromatic rings. The fourth-order valence-corrected chi connectivity index (χ4v) is 1.79.